The Labute approximate surface area is 175 Å². The van der Waals surface area contributed by atoms with Gasteiger partial charge in [-0.05, 0) is 37.5 Å². The first-order valence-corrected chi connectivity index (χ1v) is 11.4. The number of hydrogen-bond acceptors (Lipinski definition) is 4. The molecule has 2 unspecified atom stereocenters. The highest BCUT2D eigenvalue weighted by atomic mass is 127. The average Bonchev–Trinajstić information content (AvgIpc) is 3.35. The monoisotopic (exact) mass is 499 g/mol. The number of hydrogen-bond donors (Lipinski definition) is 2. The molecular formula is C17H34IN5O2S. The van der Waals surface area contributed by atoms with E-state index in [9.17, 15) is 8.42 Å². The number of sulfonamides is 1. The van der Waals surface area contributed by atoms with E-state index in [1.165, 1.54) is 25.6 Å². The van der Waals surface area contributed by atoms with Crippen LogP contribution in [0.2, 0.25) is 0 Å². The van der Waals surface area contributed by atoms with Crippen molar-refractivity contribution in [1.29, 1.82) is 0 Å². The maximum absolute atomic E-state index is 11.6. The van der Waals surface area contributed by atoms with Crippen molar-refractivity contribution in [3.63, 3.8) is 0 Å². The molecule has 2 aliphatic heterocycles. The van der Waals surface area contributed by atoms with Crippen LogP contribution in [0, 0.1) is 11.8 Å². The zero-order chi connectivity index (χ0) is 18.0. The summed E-state index contributed by atoms with van der Waals surface area (Å²) in [5.41, 5.74) is 0. The van der Waals surface area contributed by atoms with E-state index in [2.05, 4.69) is 27.4 Å². The standard InChI is InChI=1S/C17H33N5O2S.HI/c1-13-11-21(15-4-5-15)12-16(13)20-17(18-2)19-10-14-6-8-22(9-7-14)25(3,23)24;/h13-16H,4-12H2,1-3H3,(H2,18,19,20);1H. The molecule has 2 saturated heterocycles. The van der Waals surface area contributed by atoms with Gasteiger partial charge in [-0.1, -0.05) is 6.92 Å². The SMILES string of the molecule is CN=C(NCC1CCN(S(C)(=O)=O)CC1)NC1CN(C2CC2)CC1C.I. The average molecular weight is 499 g/mol. The van der Waals surface area contributed by atoms with Gasteiger partial charge in [-0.3, -0.25) is 9.89 Å². The van der Waals surface area contributed by atoms with Gasteiger partial charge in [0.25, 0.3) is 0 Å². The van der Waals surface area contributed by atoms with Crippen LogP contribution in [0.25, 0.3) is 0 Å². The summed E-state index contributed by atoms with van der Waals surface area (Å²) >= 11 is 0. The van der Waals surface area contributed by atoms with Crippen LogP contribution in [0.5, 0.6) is 0 Å². The molecule has 0 amide bonds. The zero-order valence-electron chi connectivity index (χ0n) is 16.1. The van der Waals surface area contributed by atoms with Gasteiger partial charge in [-0.25, -0.2) is 12.7 Å². The largest absolute Gasteiger partial charge is 0.356 e. The molecule has 2 N–H and O–H groups in total. The van der Waals surface area contributed by atoms with E-state index in [1.54, 1.807) is 4.31 Å². The Bertz CT molecular complexity index is 588. The van der Waals surface area contributed by atoms with E-state index in [-0.39, 0.29) is 24.0 Å². The fourth-order valence-corrected chi connectivity index (χ4v) is 4.86. The molecule has 3 aliphatic rings. The van der Waals surface area contributed by atoms with Gasteiger partial charge in [-0.15, -0.1) is 24.0 Å². The molecule has 1 saturated carbocycles. The maximum atomic E-state index is 11.6. The van der Waals surface area contributed by atoms with E-state index < -0.39 is 10.0 Å². The predicted octanol–water partition coefficient (Wildman–Crippen LogP) is 0.924. The summed E-state index contributed by atoms with van der Waals surface area (Å²) < 4.78 is 24.8. The second kappa shape index (κ2) is 9.38. The van der Waals surface area contributed by atoms with Crippen LogP contribution in [0.15, 0.2) is 4.99 Å². The molecule has 152 valence electrons. The number of likely N-dealkylation sites (tertiary alicyclic amines) is 1. The Kier molecular flexibility index (Phi) is 7.99. The fourth-order valence-electron chi connectivity index (χ4n) is 3.99. The molecule has 0 spiro atoms. The van der Waals surface area contributed by atoms with Crippen LogP contribution in [0.3, 0.4) is 0 Å². The van der Waals surface area contributed by atoms with Crippen LogP contribution in [-0.2, 0) is 10.0 Å². The van der Waals surface area contributed by atoms with E-state index in [4.69, 9.17) is 0 Å². The van der Waals surface area contributed by atoms with E-state index in [0.29, 0.717) is 31.0 Å². The van der Waals surface area contributed by atoms with Gasteiger partial charge >= 0.3 is 0 Å². The van der Waals surface area contributed by atoms with Crippen molar-refractivity contribution in [1.82, 2.24) is 19.8 Å². The van der Waals surface area contributed by atoms with Gasteiger partial charge < -0.3 is 10.6 Å². The minimum Gasteiger partial charge on any atom is -0.356 e. The number of halogens is 1. The van der Waals surface area contributed by atoms with Crippen LogP contribution in [-0.4, -0.2) is 81.7 Å². The van der Waals surface area contributed by atoms with Crippen LogP contribution in [0.1, 0.15) is 32.6 Å². The summed E-state index contributed by atoms with van der Waals surface area (Å²) in [7, 11) is -1.22. The molecule has 2 heterocycles. The second-order valence-electron chi connectivity index (χ2n) is 7.97. The van der Waals surface area contributed by atoms with Gasteiger partial charge in [0.15, 0.2) is 5.96 Å². The Balaban J connectivity index is 0.00000243. The highest BCUT2D eigenvalue weighted by molar-refractivity contribution is 14.0. The first-order chi connectivity index (χ1) is 11.9. The van der Waals surface area contributed by atoms with Crippen molar-refractivity contribution >= 4 is 40.0 Å². The van der Waals surface area contributed by atoms with Crippen molar-refractivity contribution in [2.24, 2.45) is 16.8 Å². The van der Waals surface area contributed by atoms with Crippen molar-refractivity contribution in [3.8, 4) is 0 Å². The molecule has 0 aromatic rings. The minimum atomic E-state index is -3.04. The molecule has 3 rings (SSSR count). The second-order valence-corrected chi connectivity index (χ2v) is 9.95. The molecule has 0 bridgehead atoms. The number of nitrogens with zero attached hydrogens (tertiary/aromatic N) is 3. The van der Waals surface area contributed by atoms with Gasteiger partial charge in [0.05, 0.1) is 6.26 Å². The number of guanidine groups is 1. The smallest absolute Gasteiger partial charge is 0.211 e. The summed E-state index contributed by atoms with van der Waals surface area (Å²) in [6.07, 6.45) is 5.83. The molecule has 9 heteroatoms. The van der Waals surface area contributed by atoms with Gasteiger partial charge in [0.2, 0.25) is 10.0 Å². The van der Waals surface area contributed by atoms with Crippen LogP contribution < -0.4 is 10.6 Å². The summed E-state index contributed by atoms with van der Waals surface area (Å²) in [4.78, 5) is 6.99. The lowest BCUT2D eigenvalue weighted by Gasteiger charge is -2.31. The first-order valence-electron chi connectivity index (χ1n) is 9.53. The van der Waals surface area contributed by atoms with E-state index in [0.717, 1.165) is 37.9 Å². The highest BCUT2D eigenvalue weighted by Crippen LogP contribution is 2.31. The Morgan fingerprint density at radius 1 is 1.15 bits per heavy atom. The summed E-state index contributed by atoms with van der Waals surface area (Å²) in [5, 5.41) is 7.04. The number of piperidine rings is 1. The molecule has 0 aromatic carbocycles. The lowest BCUT2D eigenvalue weighted by molar-refractivity contribution is 0.274. The molecule has 7 nitrogen and oxygen atoms in total. The molecule has 0 aromatic heterocycles. The Hall–Kier alpha value is -0.130. The van der Waals surface area contributed by atoms with Gasteiger partial charge in [-0.2, -0.15) is 0 Å². The van der Waals surface area contributed by atoms with Crippen molar-refractivity contribution < 1.29 is 8.42 Å². The summed E-state index contributed by atoms with van der Waals surface area (Å²) in [6.45, 7) is 6.72. The molecule has 2 atom stereocenters. The van der Waals surface area contributed by atoms with Crippen LogP contribution in [0.4, 0.5) is 0 Å². The molecule has 3 fully saturated rings. The van der Waals surface area contributed by atoms with Crippen molar-refractivity contribution in [3.05, 3.63) is 0 Å². The number of rotatable bonds is 5. The number of nitrogens with one attached hydrogen (secondary N) is 2. The lowest BCUT2D eigenvalue weighted by Crippen LogP contribution is -2.48. The van der Waals surface area contributed by atoms with E-state index >= 15 is 0 Å². The maximum Gasteiger partial charge on any atom is 0.211 e. The molecule has 0 radical (unpaired) electrons. The first kappa shape index (κ1) is 22.2. The fraction of sp³-hybridized carbons (Fsp3) is 0.941. The quantitative estimate of drug-likeness (QED) is 0.335. The summed E-state index contributed by atoms with van der Waals surface area (Å²) in [6, 6.07) is 1.28. The Morgan fingerprint density at radius 2 is 1.81 bits per heavy atom. The predicted molar refractivity (Wildman–Crippen MR) is 117 cm³/mol. The highest BCUT2D eigenvalue weighted by Gasteiger charge is 2.38. The molecular weight excluding hydrogens is 465 g/mol. The third-order valence-electron chi connectivity index (χ3n) is 5.85. The normalized spacial score (nSPS) is 29.4. The van der Waals surface area contributed by atoms with Gasteiger partial charge in [0, 0.05) is 51.9 Å². The van der Waals surface area contributed by atoms with Crippen molar-refractivity contribution in [2.45, 2.75) is 44.7 Å². The lowest BCUT2D eigenvalue weighted by atomic mass is 9.98. The third-order valence-corrected chi connectivity index (χ3v) is 7.15. The Morgan fingerprint density at radius 3 is 2.35 bits per heavy atom. The summed E-state index contributed by atoms with van der Waals surface area (Å²) in [5.74, 6) is 2.01. The molecule has 26 heavy (non-hydrogen) atoms. The van der Waals surface area contributed by atoms with Crippen LogP contribution >= 0.6 is 24.0 Å². The van der Waals surface area contributed by atoms with Gasteiger partial charge in [0.1, 0.15) is 0 Å². The molecule has 1 aliphatic carbocycles. The topological polar surface area (TPSA) is 77.0 Å². The number of aliphatic imine (C=N–C) groups is 1. The van der Waals surface area contributed by atoms with E-state index in [1.807, 2.05) is 7.05 Å². The zero-order valence-corrected chi connectivity index (χ0v) is 19.3. The minimum absolute atomic E-state index is 0. The third kappa shape index (κ3) is 5.93. The van der Waals surface area contributed by atoms with Crippen molar-refractivity contribution in [2.75, 3.05) is 46.0 Å².